The van der Waals surface area contributed by atoms with Crippen LogP contribution in [0.3, 0.4) is 0 Å². The van der Waals surface area contributed by atoms with Gasteiger partial charge in [0.25, 0.3) is 11.5 Å². The highest BCUT2D eigenvalue weighted by Gasteiger charge is 2.35. The van der Waals surface area contributed by atoms with Crippen molar-refractivity contribution in [2.24, 2.45) is 0 Å². The standard InChI is InChI=1S/C22H24N4O4S2/c27-20-16(11-17-21(28)26(22(31)32-17)13-15-6-4-10-30-15)19(23-12-14-5-3-9-29-14)24-18-7-1-2-8-25(18)20/h1-2,7-8,11,14-15,23H,3-6,9-10,12-13H2/b17-11-/t14-,15-/m0/s1. The number of pyridine rings is 1. The molecule has 2 aromatic heterocycles. The lowest BCUT2D eigenvalue weighted by atomic mass is 10.2. The molecule has 0 bridgehead atoms. The van der Waals surface area contributed by atoms with Crippen LogP contribution in [0.25, 0.3) is 11.7 Å². The molecule has 0 saturated carbocycles. The third-order valence-corrected chi connectivity index (χ3v) is 7.23. The van der Waals surface area contributed by atoms with E-state index in [0.717, 1.165) is 32.3 Å². The van der Waals surface area contributed by atoms with Gasteiger partial charge in [0.1, 0.15) is 15.8 Å². The van der Waals surface area contributed by atoms with Crippen molar-refractivity contribution in [1.82, 2.24) is 14.3 Å². The van der Waals surface area contributed by atoms with Crippen molar-refractivity contribution in [2.75, 3.05) is 31.6 Å². The minimum Gasteiger partial charge on any atom is -0.376 e. The Bertz CT molecular complexity index is 1140. The Morgan fingerprint density at radius 1 is 1.19 bits per heavy atom. The predicted molar refractivity (Wildman–Crippen MR) is 128 cm³/mol. The number of anilines is 1. The average molecular weight is 473 g/mol. The fourth-order valence-corrected chi connectivity index (χ4v) is 5.42. The number of nitrogens with one attached hydrogen (secondary N) is 1. The molecule has 3 fully saturated rings. The molecule has 32 heavy (non-hydrogen) atoms. The maximum atomic E-state index is 13.3. The number of amides is 1. The molecule has 0 spiro atoms. The number of ether oxygens (including phenoxy) is 2. The molecule has 2 atom stereocenters. The van der Waals surface area contributed by atoms with Gasteiger partial charge >= 0.3 is 0 Å². The molecule has 5 rings (SSSR count). The van der Waals surface area contributed by atoms with Crippen LogP contribution in [0, 0.1) is 0 Å². The molecule has 0 aliphatic carbocycles. The number of hydrogen-bond donors (Lipinski definition) is 1. The number of aromatic nitrogens is 2. The molecule has 1 amide bonds. The molecule has 0 radical (unpaired) electrons. The molecule has 3 aliphatic heterocycles. The monoisotopic (exact) mass is 472 g/mol. The molecule has 3 aliphatic rings. The third-order valence-electron chi connectivity index (χ3n) is 5.85. The SMILES string of the molecule is O=C1/C(=C/c2c(NC[C@@H]3CCCO3)nc3ccccn3c2=O)SC(=S)N1C[C@@H]1CCCO1. The fourth-order valence-electron chi connectivity index (χ4n) is 4.16. The molecule has 0 aromatic carbocycles. The Hall–Kier alpha value is -2.27. The van der Waals surface area contributed by atoms with Crippen molar-refractivity contribution in [3.63, 3.8) is 0 Å². The van der Waals surface area contributed by atoms with Gasteiger partial charge in [-0.3, -0.25) is 18.9 Å². The first-order valence-corrected chi connectivity index (χ1v) is 12.1. The minimum absolute atomic E-state index is 0.00782. The van der Waals surface area contributed by atoms with E-state index >= 15 is 0 Å². The normalized spacial score (nSPS) is 24.9. The van der Waals surface area contributed by atoms with Gasteiger partial charge in [-0.1, -0.05) is 30.0 Å². The van der Waals surface area contributed by atoms with Crippen molar-refractivity contribution in [3.8, 4) is 0 Å². The molecule has 5 heterocycles. The Labute approximate surface area is 195 Å². The summed E-state index contributed by atoms with van der Waals surface area (Å²) in [6, 6.07) is 5.39. The van der Waals surface area contributed by atoms with E-state index < -0.39 is 0 Å². The number of hydrogen-bond acceptors (Lipinski definition) is 8. The highest BCUT2D eigenvalue weighted by molar-refractivity contribution is 8.26. The van der Waals surface area contributed by atoms with Crippen molar-refractivity contribution < 1.29 is 14.3 Å². The van der Waals surface area contributed by atoms with E-state index in [1.807, 2.05) is 6.07 Å². The van der Waals surface area contributed by atoms with Gasteiger partial charge < -0.3 is 14.8 Å². The van der Waals surface area contributed by atoms with Crippen LogP contribution in [-0.4, -0.2) is 63.0 Å². The Morgan fingerprint density at radius 2 is 1.97 bits per heavy atom. The highest BCUT2D eigenvalue weighted by atomic mass is 32.2. The second-order valence-electron chi connectivity index (χ2n) is 8.05. The Kier molecular flexibility index (Phi) is 6.27. The summed E-state index contributed by atoms with van der Waals surface area (Å²) in [6.45, 7) is 2.46. The lowest BCUT2D eigenvalue weighted by Crippen LogP contribution is -2.35. The van der Waals surface area contributed by atoms with Crippen LogP contribution in [0.4, 0.5) is 5.82 Å². The number of thioether (sulfide) groups is 1. The van der Waals surface area contributed by atoms with E-state index in [1.54, 1.807) is 29.3 Å². The molecule has 10 heteroatoms. The molecule has 168 valence electrons. The number of carbonyl (C=O) groups is 1. The number of carbonyl (C=O) groups excluding carboxylic acids is 1. The fraction of sp³-hybridized carbons (Fsp3) is 0.455. The zero-order valence-electron chi connectivity index (χ0n) is 17.5. The van der Waals surface area contributed by atoms with Crippen LogP contribution in [0.2, 0.25) is 0 Å². The van der Waals surface area contributed by atoms with Crippen molar-refractivity contribution in [1.29, 1.82) is 0 Å². The third kappa shape index (κ3) is 4.32. The van der Waals surface area contributed by atoms with Crippen LogP contribution < -0.4 is 10.9 Å². The van der Waals surface area contributed by atoms with Gasteiger partial charge in [0.05, 0.1) is 29.2 Å². The number of rotatable bonds is 6. The van der Waals surface area contributed by atoms with Crippen LogP contribution in [0.15, 0.2) is 34.1 Å². The summed E-state index contributed by atoms with van der Waals surface area (Å²) >= 11 is 6.66. The molecule has 1 N–H and O–H groups in total. The van der Waals surface area contributed by atoms with Crippen molar-refractivity contribution in [2.45, 2.75) is 37.9 Å². The maximum Gasteiger partial charge on any atom is 0.267 e. The number of nitrogens with zero attached hydrogens (tertiary/aromatic N) is 3. The summed E-state index contributed by atoms with van der Waals surface area (Å²) in [5, 5.41) is 3.28. The van der Waals surface area contributed by atoms with E-state index in [-0.39, 0.29) is 23.7 Å². The summed E-state index contributed by atoms with van der Waals surface area (Å²) in [5.41, 5.74) is 0.634. The lowest BCUT2D eigenvalue weighted by Gasteiger charge is -2.18. The van der Waals surface area contributed by atoms with Gasteiger partial charge in [-0.15, -0.1) is 0 Å². The van der Waals surface area contributed by atoms with Gasteiger partial charge in [0.15, 0.2) is 0 Å². The largest absolute Gasteiger partial charge is 0.376 e. The van der Waals surface area contributed by atoms with E-state index in [2.05, 4.69) is 10.3 Å². The molecule has 0 unspecified atom stereocenters. The topological polar surface area (TPSA) is 85.2 Å². The summed E-state index contributed by atoms with van der Waals surface area (Å²) in [7, 11) is 0. The quantitative estimate of drug-likeness (QED) is 0.507. The van der Waals surface area contributed by atoms with E-state index in [0.29, 0.717) is 46.0 Å². The second kappa shape index (κ2) is 9.30. The lowest BCUT2D eigenvalue weighted by molar-refractivity contribution is -0.123. The summed E-state index contributed by atoms with van der Waals surface area (Å²) in [5.74, 6) is 0.249. The molecule has 3 saturated heterocycles. The minimum atomic E-state index is -0.241. The summed E-state index contributed by atoms with van der Waals surface area (Å²) < 4.78 is 13.3. The molecular weight excluding hydrogens is 448 g/mol. The van der Waals surface area contributed by atoms with E-state index in [1.165, 1.54) is 16.2 Å². The number of fused-ring (bicyclic) bond motifs is 1. The van der Waals surface area contributed by atoms with Crippen molar-refractivity contribution >= 4 is 51.7 Å². The molecule has 2 aromatic rings. The summed E-state index contributed by atoms with van der Waals surface area (Å²) in [6.07, 6.45) is 7.29. The number of thiocarbonyl (C=S) groups is 1. The highest BCUT2D eigenvalue weighted by Crippen LogP contribution is 2.34. The Morgan fingerprint density at radius 3 is 2.72 bits per heavy atom. The van der Waals surface area contributed by atoms with Gasteiger partial charge in [-0.2, -0.15) is 0 Å². The predicted octanol–water partition coefficient (Wildman–Crippen LogP) is 2.67. The molecule has 8 nitrogen and oxygen atoms in total. The maximum absolute atomic E-state index is 13.3. The smallest absolute Gasteiger partial charge is 0.267 e. The van der Waals surface area contributed by atoms with Gasteiger partial charge in [-0.25, -0.2) is 4.98 Å². The van der Waals surface area contributed by atoms with Gasteiger partial charge in [-0.05, 0) is 43.9 Å². The van der Waals surface area contributed by atoms with Gasteiger partial charge in [0, 0.05) is 26.0 Å². The molecular formula is C22H24N4O4S2. The zero-order valence-corrected chi connectivity index (χ0v) is 19.1. The van der Waals surface area contributed by atoms with Crippen LogP contribution in [-0.2, 0) is 14.3 Å². The first-order chi connectivity index (χ1) is 15.6. The zero-order chi connectivity index (χ0) is 22.1. The van der Waals surface area contributed by atoms with Gasteiger partial charge in [0.2, 0.25) is 0 Å². The van der Waals surface area contributed by atoms with E-state index in [9.17, 15) is 9.59 Å². The van der Waals surface area contributed by atoms with Crippen LogP contribution >= 0.6 is 24.0 Å². The summed E-state index contributed by atoms with van der Waals surface area (Å²) in [4.78, 5) is 33.0. The van der Waals surface area contributed by atoms with Crippen molar-refractivity contribution in [3.05, 3.63) is 45.2 Å². The first-order valence-electron chi connectivity index (χ1n) is 10.8. The second-order valence-corrected chi connectivity index (χ2v) is 9.73. The van der Waals surface area contributed by atoms with Crippen LogP contribution in [0.1, 0.15) is 31.2 Å². The average Bonchev–Trinajstić information content (AvgIpc) is 3.55. The van der Waals surface area contributed by atoms with E-state index in [4.69, 9.17) is 21.7 Å². The van der Waals surface area contributed by atoms with Crippen LogP contribution in [0.5, 0.6) is 0 Å². The Balaban J connectivity index is 1.47. The first kappa shape index (κ1) is 21.6.